The minimum atomic E-state index is 0.534. The highest BCUT2D eigenvalue weighted by Gasteiger charge is 2.26. The van der Waals surface area contributed by atoms with Crippen molar-refractivity contribution < 1.29 is 4.74 Å². The van der Waals surface area contributed by atoms with Crippen LogP contribution in [0.5, 0.6) is 5.75 Å². The van der Waals surface area contributed by atoms with Crippen molar-refractivity contribution in [3.8, 4) is 5.75 Å². The maximum absolute atomic E-state index is 5.27. The minimum absolute atomic E-state index is 0.534. The molecule has 116 valence electrons. The van der Waals surface area contributed by atoms with Crippen LogP contribution in [0.15, 0.2) is 42.5 Å². The summed E-state index contributed by atoms with van der Waals surface area (Å²) in [6.45, 7) is 6.61. The summed E-state index contributed by atoms with van der Waals surface area (Å²) in [4.78, 5) is 2.61. The van der Waals surface area contributed by atoms with Gasteiger partial charge in [0.25, 0.3) is 0 Å². The monoisotopic (exact) mass is 295 g/mol. The van der Waals surface area contributed by atoms with Crippen LogP contribution in [0.4, 0.5) is 0 Å². The molecule has 1 atom stereocenters. The molecule has 2 aromatic rings. The first-order valence-corrected chi connectivity index (χ1v) is 8.11. The molecule has 1 saturated heterocycles. The number of nitrogens with zero attached hydrogens (tertiary/aromatic N) is 1. The van der Waals surface area contributed by atoms with E-state index >= 15 is 0 Å². The van der Waals surface area contributed by atoms with E-state index in [2.05, 4.69) is 61.2 Å². The second-order valence-corrected chi connectivity index (χ2v) is 6.33. The van der Waals surface area contributed by atoms with E-state index in [1.165, 1.54) is 41.6 Å². The number of rotatable bonds is 4. The van der Waals surface area contributed by atoms with Gasteiger partial charge in [-0.15, -0.1) is 0 Å². The molecule has 2 nitrogen and oxygen atoms in total. The van der Waals surface area contributed by atoms with E-state index in [4.69, 9.17) is 4.74 Å². The molecule has 0 bridgehead atoms. The molecule has 0 N–H and O–H groups in total. The number of aryl methyl sites for hydroxylation is 2. The van der Waals surface area contributed by atoms with E-state index in [0.29, 0.717) is 6.04 Å². The van der Waals surface area contributed by atoms with Crippen LogP contribution >= 0.6 is 0 Å². The standard InChI is InChI=1S/C20H25NO/c1-15-6-7-18(16(2)13-15)14-21-12-4-5-20(21)17-8-10-19(22-3)11-9-17/h6-11,13,20H,4-5,12,14H2,1-3H3/t20-/m0/s1. The van der Waals surface area contributed by atoms with Gasteiger partial charge in [0, 0.05) is 12.6 Å². The van der Waals surface area contributed by atoms with Crippen LogP contribution in [0.2, 0.25) is 0 Å². The lowest BCUT2D eigenvalue weighted by atomic mass is 10.0. The number of benzene rings is 2. The Bertz CT molecular complexity index is 633. The van der Waals surface area contributed by atoms with E-state index < -0.39 is 0 Å². The summed E-state index contributed by atoms with van der Waals surface area (Å²) in [7, 11) is 1.72. The number of hydrogen-bond donors (Lipinski definition) is 0. The quantitative estimate of drug-likeness (QED) is 0.814. The Labute approximate surface area is 133 Å². The van der Waals surface area contributed by atoms with Crippen LogP contribution in [0.25, 0.3) is 0 Å². The molecule has 0 unspecified atom stereocenters. The second kappa shape index (κ2) is 6.53. The van der Waals surface area contributed by atoms with Crippen LogP contribution in [0, 0.1) is 13.8 Å². The van der Waals surface area contributed by atoms with E-state index in [9.17, 15) is 0 Å². The molecule has 2 heteroatoms. The zero-order chi connectivity index (χ0) is 15.5. The number of ether oxygens (including phenoxy) is 1. The maximum atomic E-state index is 5.27. The highest BCUT2D eigenvalue weighted by Crippen LogP contribution is 2.34. The topological polar surface area (TPSA) is 12.5 Å². The van der Waals surface area contributed by atoms with Crippen LogP contribution in [-0.2, 0) is 6.54 Å². The Morgan fingerprint density at radius 1 is 1.09 bits per heavy atom. The van der Waals surface area contributed by atoms with E-state index in [-0.39, 0.29) is 0 Å². The first kappa shape index (κ1) is 15.1. The van der Waals surface area contributed by atoms with Gasteiger partial charge in [-0.05, 0) is 62.1 Å². The second-order valence-electron chi connectivity index (χ2n) is 6.33. The van der Waals surface area contributed by atoms with Crippen LogP contribution in [-0.4, -0.2) is 18.6 Å². The molecule has 0 spiro atoms. The Kier molecular flexibility index (Phi) is 4.49. The maximum Gasteiger partial charge on any atom is 0.118 e. The Hall–Kier alpha value is -1.80. The van der Waals surface area contributed by atoms with Gasteiger partial charge >= 0.3 is 0 Å². The third-order valence-electron chi connectivity index (χ3n) is 4.74. The molecule has 3 rings (SSSR count). The van der Waals surface area contributed by atoms with Gasteiger partial charge < -0.3 is 4.74 Å². The lowest BCUT2D eigenvalue weighted by Gasteiger charge is -2.26. The van der Waals surface area contributed by atoms with Crippen molar-refractivity contribution in [2.45, 2.75) is 39.3 Å². The third kappa shape index (κ3) is 3.17. The van der Waals surface area contributed by atoms with Gasteiger partial charge in [-0.2, -0.15) is 0 Å². The van der Waals surface area contributed by atoms with E-state index in [1.54, 1.807) is 7.11 Å². The van der Waals surface area contributed by atoms with Gasteiger partial charge in [-0.3, -0.25) is 4.90 Å². The largest absolute Gasteiger partial charge is 0.497 e. The molecule has 1 aliphatic rings. The Morgan fingerprint density at radius 3 is 2.55 bits per heavy atom. The predicted octanol–water partition coefficient (Wildman–Crippen LogP) is 4.65. The predicted molar refractivity (Wildman–Crippen MR) is 91.3 cm³/mol. The van der Waals surface area contributed by atoms with Gasteiger partial charge in [0.1, 0.15) is 5.75 Å². The summed E-state index contributed by atoms with van der Waals surface area (Å²) in [5, 5.41) is 0. The van der Waals surface area contributed by atoms with Crippen LogP contribution in [0.1, 0.15) is 41.1 Å². The fraction of sp³-hybridized carbons (Fsp3) is 0.400. The first-order chi connectivity index (χ1) is 10.7. The summed E-state index contributed by atoms with van der Waals surface area (Å²) in [6, 6.07) is 15.9. The summed E-state index contributed by atoms with van der Waals surface area (Å²) < 4.78 is 5.27. The van der Waals surface area contributed by atoms with Crippen molar-refractivity contribution in [1.82, 2.24) is 4.90 Å². The smallest absolute Gasteiger partial charge is 0.118 e. The fourth-order valence-corrected chi connectivity index (χ4v) is 3.46. The molecule has 0 aliphatic carbocycles. The van der Waals surface area contributed by atoms with Gasteiger partial charge in [0.2, 0.25) is 0 Å². The molecule has 0 amide bonds. The number of methoxy groups -OCH3 is 1. The number of likely N-dealkylation sites (tertiary alicyclic amines) is 1. The first-order valence-electron chi connectivity index (χ1n) is 8.11. The Morgan fingerprint density at radius 2 is 1.86 bits per heavy atom. The fourth-order valence-electron chi connectivity index (χ4n) is 3.46. The van der Waals surface area contributed by atoms with Crippen LogP contribution in [0.3, 0.4) is 0 Å². The van der Waals surface area contributed by atoms with Gasteiger partial charge in [-0.1, -0.05) is 35.9 Å². The Balaban J connectivity index is 1.77. The van der Waals surface area contributed by atoms with E-state index in [1.807, 2.05) is 0 Å². The highest BCUT2D eigenvalue weighted by atomic mass is 16.5. The van der Waals surface area contributed by atoms with Crippen LogP contribution < -0.4 is 4.74 Å². The minimum Gasteiger partial charge on any atom is -0.497 e. The zero-order valence-corrected chi connectivity index (χ0v) is 13.8. The van der Waals surface area contributed by atoms with Gasteiger partial charge in [0.15, 0.2) is 0 Å². The molecule has 2 aromatic carbocycles. The summed E-state index contributed by atoms with van der Waals surface area (Å²) >= 11 is 0. The molecule has 0 radical (unpaired) electrons. The normalized spacial score (nSPS) is 18.6. The molecular formula is C20H25NO. The average Bonchev–Trinajstić information content (AvgIpc) is 2.98. The molecular weight excluding hydrogens is 270 g/mol. The lowest BCUT2D eigenvalue weighted by Crippen LogP contribution is -2.23. The molecule has 0 saturated carbocycles. The lowest BCUT2D eigenvalue weighted by molar-refractivity contribution is 0.248. The molecule has 22 heavy (non-hydrogen) atoms. The van der Waals surface area contributed by atoms with Crippen molar-refractivity contribution in [3.05, 3.63) is 64.7 Å². The zero-order valence-electron chi connectivity index (χ0n) is 13.8. The van der Waals surface area contributed by atoms with Gasteiger partial charge in [0.05, 0.1) is 7.11 Å². The summed E-state index contributed by atoms with van der Waals surface area (Å²) in [5.41, 5.74) is 5.60. The molecule has 1 heterocycles. The van der Waals surface area contributed by atoms with Crippen molar-refractivity contribution in [1.29, 1.82) is 0 Å². The van der Waals surface area contributed by atoms with Crippen molar-refractivity contribution >= 4 is 0 Å². The average molecular weight is 295 g/mol. The van der Waals surface area contributed by atoms with Gasteiger partial charge in [-0.25, -0.2) is 0 Å². The summed E-state index contributed by atoms with van der Waals surface area (Å²) in [5.74, 6) is 0.933. The van der Waals surface area contributed by atoms with Crippen molar-refractivity contribution in [2.75, 3.05) is 13.7 Å². The highest BCUT2D eigenvalue weighted by molar-refractivity contribution is 5.32. The van der Waals surface area contributed by atoms with E-state index in [0.717, 1.165) is 12.3 Å². The SMILES string of the molecule is COc1ccc([C@@H]2CCCN2Cc2ccc(C)cc2C)cc1. The van der Waals surface area contributed by atoms with Crippen molar-refractivity contribution in [2.24, 2.45) is 0 Å². The van der Waals surface area contributed by atoms with Crippen molar-refractivity contribution in [3.63, 3.8) is 0 Å². The number of hydrogen-bond acceptors (Lipinski definition) is 2. The summed E-state index contributed by atoms with van der Waals surface area (Å²) in [6.07, 6.45) is 2.53. The molecule has 1 fully saturated rings. The third-order valence-corrected chi connectivity index (χ3v) is 4.74. The molecule has 0 aromatic heterocycles. The molecule has 1 aliphatic heterocycles.